The van der Waals surface area contributed by atoms with Crippen molar-refractivity contribution in [1.82, 2.24) is 5.32 Å². The van der Waals surface area contributed by atoms with E-state index in [1.54, 1.807) is 0 Å². The zero-order valence-corrected chi connectivity index (χ0v) is 10.3. The second-order valence-corrected chi connectivity index (χ2v) is 4.54. The highest BCUT2D eigenvalue weighted by Gasteiger charge is 2.24. The van der Waals surface area contributed by atoms with E-state index in [1.165, 1.54) is 24.3 Å². The first-order valence-electron chi connectivity index (χ1n) is 6.16. The summed E-state index contributed by atoms with van der Waals surface area (Å²) in [5, 5.41) is 13.2. The molecule has 0 heterocycles. The quantitative estimate of drug-likeness (QED) is 0.664. The molecular weight excluding hydrogens is 248 g/mol. The highest BCUT2D eigenvalue weighted by Crippen LogP contribution is 2.16. The van der Waals surface area contributed by atoms with Crippen LogP contribution in [-0.4, -0.2) is 22.7 Å². The molecule has 6 nitrogen and oxygen atoms in total. The zero-order chi connectivity index (χ0) is 13.8. The summed E-state index contributed by atoms with van der Waals surface area (Å²) < 4.78 is 0. The van der Waals surface area contributed by atoms with Crippen LogP contribution in [0.2, 0.25) is 0 Å². The van der Waals surface area contributed by atoms with Crippen LogP contribution in [0.5, 0.6) is 0 Å². The molecule has 2 rings (SSSR count). The lowest BCUT2D eigenvalue weighted by Crippen LogP contribution is -2.42. The molecule has 1 aliphatic rings. The van der Waals surface area contributed by atoms with E-state index in [1.807, 2.05) is 0 Å². The predicted octanol–water partition coefficient (Wildman–Crippen LogP) is 1.84. The number of hydrogen-bond acceptors (Lipinski definition) is 4. The highest BCUT2D eigenvalue weighted by molar-refractivity contribution is 5.98. The first-order chi connectivity index (χ1) is 9.08. The van der Waals surface area contributed by atoms with Crippen LogP contribution in [0.15, 0.2) is 24.3 Å². The van der Waals surface area contributed by atoms with E-state index < -0.39 is 11.0 Å². The zero-order valence-electron chi connectivity index (χ0n) is 10.3. The molecule has 1 aromatic carbocycles. The number of nitro benzene ring substituents is 1. The van der Waals surface area contributed by atoms with Crippen LogP contribution in [0, 0.1) is 10.1 Å². The van der Waals surface area contributed by atoms with Crippen LogP contribution in [0.25, 0.3) is 0 Å². The van der Waals surface area contributed by atoms with E-state index in [2.05, 4.69) is 5.32 Å². The molecule has 1 saturated carbocycles. The van der Waals surface area contributed by atoms with Crippen molar-refractivity contribution < 1.29 is 14.5 Å². The van der Waals surface area contributed by atoms with Crippen molar-refractivity contribution in [3.05, 3.63) is 39.9 Å². The number of amides is 1. The first kappa shape index (κ1) is 13.2. The van der Waals surface area contributed by atoms with E-state index in [4.69, 9.17) is 0 Å². The maximum Gasteiger partial charge on any atom is 0.269 e. The smallest absolute Gasteiger partial charge is 0.269 e. The third kappa shape index (κ3) is 3.15. The summed E-state index contributed by atoms with van der Waals surface area (Å²) in [7, 11) is 0. The average molecular weight is 262 g/mol. The van der Waals surface area contributed by atoms with Crippen LogP contribution in [0.3, 0.4) is 0 Å². The van der Waals surface area contributed by atoms with E-state index >= 15 is 0 Å². The van der Waals surface area contributed by atoms with E-state index in [-0.39, 0.29) is 17.4 Å². The van der Waals surface area contributed by atoms with E-state index in [0.717, 1.165) is 12.8 Å². The van der Waals surface area contributed by atoms with Gasteiger partial charge in [0.2, 0.25) is 0 Å². The first-order valence-corrected chi connectivity index (χ1v) is 6.16. The average Bonchev–Trinajstić information content (AvgIpc) is 2.41. The molecule has 0 bridgehead atoms. The van der Waals surface area contributed by atoms with Gasteiger partial charge in [-0.05, 0) is 25.0 Å². The normalized spacial score (nSPS) is 18.9. The minimum Gasteiger partial charge on any atom is -0.342 e. The Hall–Kier alpha value is -2.24. The van der Waals surface area contributed by atoms with Gasteiger partial charge >= 0.3 is 0 Å². The van der Waals surface area contributed by atoms with E-state index in [9.17, 15) is 19.7 Å². The maximum atomic E-state index is 11.9. The number of nitrogens with zero attached hydrogens (tertiary/aromatic N) is 1. The number of nitrogens with one attached hydrogen (secondary N) is 1. The number of carbonyl (C=O) groups excluding carboxylic acids is 2. The van der Waals surface area contributed by atoms with Gasteiger partial charge in [0.15, 0.2) is 5.78 Å². The summed E-state index contributed by atoms with van der Waals surface area (Å²) in [5.74, 6) is -0.309. The van der Waals surface area contributed by atoms with Crippen LogP contribution >= 0.6 is 0 Å². The Balaban J connectivity index is 2.03. The third-order valence-corrected chi connectivity index (χ3v) is 3.20. The van der Waals surface area contributed by atoms with Crippen molar-refractivity contribution in [1.29, 1.82) is 0 Å². The summed E-state index contributed by atoms with van der Waals surface area (Å²) in [5.41, 5.74) is 0.259. The fourth-order valence-corrected chi connectivity index (χ4v) is 2.11. The van der Waals surface area contributed by atoms with E-state index in [0.29, 0.717) is 18.4 Å². The monoisotopic (exact) mass is 262 g/mol. The number of ketones is 1. The van der Waals surface area contributed by atoms with Gasteiger partial charge in [-0.2, -0.15) is 0 Å². The lowest BCUT2D eigenvalue weighted by molar-refractivity contribution is -0.384. The number of rotatable bonds is 3. The molecule has 0 saturated heterocycles. The van der Waals surface area contributed by atoms with Gasteiger partial charge in [-0.15, -0.1) is 0 Å². The number of nitro groups is 1. The topological polar surface area (TPSA) is 89.3 Å². The van der Waals surface area contributed by atoms with Gasteiger partial charge in [0.1, 0.15) is 0 Å². The van der Waals surface area contributed by atoms with Gasteiger partial charge in [-0.25, -0.2) is 0 Å². The predicted molar refractivity (Wildman–Crippen MR) is 67.8 cm³/mol. The van der Waals surface area contributed by atoms with Crippen LogP contribution in [-0.2, 0) is 4.79 Å². The molecule has 0 unspecified atom stereocenters. The molecule has 0 aromatic heterocycles. The van der Waals surface area contributed by atoms with Crippen molar-refractivity contribution in [2.24, 2.45) is 0 Å². The van der Waals surface area contributed by atoms with Crippen molar-refractivity contribution >= 4 is 17.4 Å². The second kappa shape index (κ2) is 5.60. The molecule has 1 aromatic rings. The molecular formula is C13H14N2O4. The molecule has 0 radical (unpaired) electrons. The Labute approximate surface area is 110 Å². The molecule has 1 amide bonds. The van der Waals surface area contributed by atoms with Crippen molar-refractivity contribution in [3.63, 3.8) is 0 Å². The van der Waals surface area contributed by atoms with Gasteiger partial charge < -0.3 is 5.32 Å². The lowest BCUT2D eigenvalue weighted by Gasteiger charge is -2.21. The molecule has 0 spiro atoms. The SMILES string of the molecule is O=C(N[C@@H]1CCCCC1=O)c1ccc([N+](=O)[O-])cc1. The van der Waals surface area contributed by atoms with Crippen LogP contribution in [0.1, 0.15) is 36.0 Å². The van der Waals surface area contributed by atoms with Gasteiger partial charge in [0.25, 0.3) is 11.6 Å². The summed E-state index contributed by atoms with van der Waals surface area (Å²) in [6.07, 6.45) is 2.97. The molecule has 0 aliphatic heterocycles. The summed E-state index contributed by atoms with van der Waals surface area (Å²) in [6, 6.07) is 4.91. The highest BCUT2D eigenvalue weighted by atomic mass is 16.6. The molecule has 6 heteroatoms. The van der Waals surface area contributed by atoms with Gasteiger partial charge in [-0.3, -0.25) is 19.7 Å². The Morgan fingerprint density at radius 3 is 2.53 bits per heavy atom. The summed E-state index contributed by atoms with van der Waals surface area (Å²) in [4.78, 5) is 33.5. The fourth-order valence-electron chi connectivity index (χ4n) is 2.11. The summed E-state index contributed by atoms with van der Waals surface area (Å²) >= 11 is 0. The van der Waals surface area contributed by atoms with Crippen LogP contribution < -0.4 is 5.32 Å². The lowest BCUT2D eigenvalue weighted by atomic mass is 9.94. The number of carbonyl (C=O) groups is 2. The standard InChI is InChI=1S/C13H14N2O4/c16-12-4-2-1-3-11(12)14-13(17)9-5-7-10(8-6-9)15(18)19/h5-8,11H,1-4H2,(H,14,17)/t11-/m1/s1. The molecule has 1 N–H and O–H groups in total. The van der Waals surface area contributed by atoms with Gasteiger partial charge in [-0.1, -0.05) is 6.42 Å². The molecule has 1 fully saturated rings. The largest absolute Gasteiger partial charge is 0.342 e. The number of Topliss-reactive ketones (excluding diaryl/α,β-unsaturated/α-hetero) is 1. The Bertz CT molecular complexity index is 510. The number of hydrogen-bond donors (Lipinski definition) is 1. The minimum atomic E-state index is -0.521. The third-order valence-electron chi connectivity index (χ3n) is 3.20. The molecule has 1 atom stereocenters. The number of non-ortho nitro benzene ring substituents is 1. The van der Waals surface area contributed by atoms with Crippen molar-refractivity contribution in [2.75, 3.05) is 0 Å². The maximum absolute atomic E-state index is 11.9. The Morgan fingerprint density at radius 1 is 1.26 bits per heavy atom. The van der Waals surface area contributed by atoms with Crippen molar-refractivity contribution in [2.45, 2.75) is 31.7 Å². The Morgan fingerprint density at radius 2 is 1.95 bits per heavy atom. The molecule has 1 aliphatic carbocycles. The van der Waals surface area contributed by atoms with Gasteiger partial charge in [0.05, 0.1) is 11.0 Å². The number of benzene rings is 1. The van der Waals surface area contributed by atoms with Crippen molar-refractivity contribution in [3.8, 4) is 0 Å². The summed E-state index contributed by atoms with van der Waals surface area (Å²) in [6.45, 7) is 0. The fraction of sp³-hybridized carbons (Fsp3) is 0.385. The molecule has 100 valence electrons. The van der Waals surface area contributed by atoms with Gasteiger partial charge in [0, 0.05) is 24.1 Å². The second-order valence-electron chi connectivity index (χ2n) is 4.54. The van der Waals surface area contributed by atoms with Crippen LogP contribution in [0.4, 0.5) is 5.69 Å². The molecule has 19 heavy (non-hydrogen) atoms. The minimum absolute atomic E-state index is 0.0570. The Kier molecular flexibility index (Phi) is 3.89.